The minimum absolute atomic E-state index is 0.623. The smallest absolute Gasteiger partial charge is 0.132 e. The van der Waals surface area contributed by atoms with Crippen molar-refractivity contribution in [2.75, 3.05) is 18.0 Å². The highest BCUT2D eigenvalue weighted by molar-refractivity contribution is 5.40. The quantitative estimate of drug-likeness (QED) is 0.838. The summed E-state index contributed by atoms with van der Waals surface area (Å²) in [6, 6.07) is 2.76. The predicted octanol–water partition coefficient (Wildman–Crippen LogP) is 2.14. The molecule has 4 nitrogen and oxygen atoms in total. The average Bonchev–Trinajstić information content (AvgIpc) is 2.90. The van der Waals surface area contributed by atoms with E-state index in [-0.39, 0.29) is 0 Å². The molecule has 0 amide bonds. The molecule has 1 heterocycles. The topological polar surface area (TPSA) is 55.0 Å². The Bertz CT molecular complexity index is 361. The highest BCUT2D eigenvalue weighted by Crippen LogP contribution is 2.26. The molecule has 1 aliphatic carbocycles. The first-order valence-electron chi connectivity index (χ1n) is 7.12. The summed E-state index contributed by atoms with van der Waals surface area (Å²) in [4.78, 5) is 11.2. The third-order valence-corrected chi connectivity index (χ3v) is 3.65. The molecule has 1 aliphatic rings. The zero-order valence-electron chi connectivity index (χ0n) is 11.3. The lowest BCUT2D eigenvalue weighted by Crippen LogP contribution is -2.38. The van der Waals surface area contributed by atoms with Crippen LogP contribution < -0.4 is 10.6 Å². The fraction of sp³-hybridized carbons (Fsp3) is 0.714. The average molecular weight is 248 g/mol. The van der Waals surface area contributed by atoms with E-state index in [0.717, 1.165) is 30.9 Å². The molecule has 1 fully saturated rings. The van der Waals surface area contributed by atoms with Gasteiger partial charge in [0.2, 0.25) is 0 Å². The van der Waals surface area contributed by atoms with Crippen LogP contribution in [0.4, 0.5) is 5.82 Å². The van der Waals surface area contributed by atoms with Crippen molar-refractivity contribution in [2.24, 2.45) is 5.73 Å². The molecule has 0 bridgehead atoms. The van der Waals surface area contributed by atoms with Crippen molar-refractivity contribution in [1.82, 2.24) is 9.97 Å². The molecule has 2 N–H and O–H groups in total. The number of aromatic nitrogens is 2. The van der Waals surface area contributed by atoms with Crippen molar-refractivity contribution in [3.05, 3.63) is 18.1 Å². The number of aryl methyl sites for hydroxylation is 1. The Hall–Kier alpha value is -1.16. The molecule has 2 rings (SSSR count). The van der Waals surface area contributed by atoms with Gasteiger partial charge in [0.1, 0.15) is 12.1 Å². The minimum Gasteiger partial charge on any atom is -0.352 e. The lowest BCUT2D eigenvalue weighted by molar-refractivity contribution is 0.600. The fourth-order valence-electron chi connectivity index (χ4n) is 2.77. The lowest BCUT2D eigenvalue weighted by Gasteiger charge is -2.29. The normalized spacial score (nSPS) is 16.1. The van der Waals surface area contributed by atoms with Gasteiger partial charge in [-0.15, -0.1) is 0 Å². The van der Waals surface area contributed by atoms with Gasteiger partial charge in [0.25, 0.3) is 0 Å². The lowest BCUT2D eigenvalue weighted by atomic mass is 10.2. The summed E-state index contributed by atoms with van der Waals surface area (Å²) in [5.74, 6) is 1.06. The number of nitrogens with two attached hydrogens (primary N) is 1. The van der Waals surface area contributed by atoms with E-state index in [4.69, 9.17) is 5.73 Å². The van der Waals surface area contributed by atoms with Crippen molar-refractivity contribution in [3.63, 3.8) is 0 Å². The molecule has 1 aromatic heterocycles. The van der Waals surface area contributed by atoms with Crippen LogP contribution in [-0.4, -0.2) is 29.1 Å². The molecule has 0 spiro atoms. The molecule has 0 atom stereocenters. The fourth-order valence-corrected chi connectivity index (χ4v) is 2.77. The van der Waals surface area contributed by atoms with Gasteiger partial charge in [-0.2, -0.15) is 0 Å². The van der Waals surface area contributed by atoms with E-state index in [0.29, 0.717) is 12.6 Å². The molecule has 1 saturated carbocycles. The van der Waals surface area contributed by atoms with E-state index in [1.54, 1.807) is 6.33 Å². The Morgan fingerprint density at radius 3 is 2.78 bits per heavy atom. The molecule has 0 aromatic carbocycles. The molecule has 100 valence electrons. The Balaban J connectivity index is 2.15. The second-order valence-electron chi connectivity index (χ2n) is 5.04. The molecular formula is C14H24N4. The first kappa shape index (κ1) is 13.3. The van der Waals surface area contributed by atoms with Gasteiger partial charge >= 0.3 is 0 Å². The molecule has 1 aromatic rings. The second kappa shape index (κ2) is 6.69. The van der Waals surface area contributed by atoms with Crippen molar-refractivity contribution >= 4 is 5.82 Å². The van der Waals surface area contributed by atoms with E-state index in [1.165, 1.54) is 25.7 Å². The van der Waals surface area contributed by atoms with Gasteiger partial charge in [0.05, 0.1) is 0 Å². The molecule has 0 radical (unpaired) electrons. The summed E-state index contributed by atoms with van der Waals surface area (Å²) in [7, 11) is 0. The zero-order chi connectivity index (χ0) is 12.8. The number of rotatable bonds is 6. The number of hydrogen-bond acceptors (Lipinski definition) is 4. The summed E-state index contributed by atoms with van der Waals surface area (Å²) in [5.41, 5.74) is 6.89. The Morgan fingerprint density at radius 1 is 1.33 bits per heavy atom. The summed E-state index contributed by atoms with van der Waals surface area (Å²) in [6.07, 6.45) is 9.05. The van der Waals surface area contributed by atoms with Crippen LogP contribution in [0.5, 0.6) is 0 Å². The molecule has 0 saturated heterocycles. The van der Waals surface area contributed by atoms with Crippen LogP contribution in [0.3, 0.4) is 0 Å². The highest BCUT2D eigenvalue weighted by atomic mass is 15.2. The van der Waals surface area contributed by atoms with Crippen LogP contribution in [0.2, 0.25) is 0 Å². The zero-order valence-corrected chi connectivity index (χ0v) is 11.3. The van der Waals surface area contributed by atoms with Gasteiger partial charge < -0.3 is 10.6 Å². The van der Waals surface area contributed by atoms with Crippen molar-refractivity contribution in [3.8, 4) is 0 Å². The van der Waals surface area contributed by atoms with Gasteiger partial charge in [0, 0.05) is 30.9 Å². The summed E-state index contributed by atoms with van der Waals surface area (Å²) >= 11 is 0. The van der Waals surface area contributed by atoms with Gasteiger partial charge in [0.15, 0.2) is 0 Å². The van der Waals surface area contributed by atoms with E-state index < -0.39 is 0 Å². The molecule has 4 heteroatoms. The molecular weight excluding hydrogens is 224 g/mol. The minimum atomic E-state index is 0.623. The Morgan fingerprint density at radius 2 is 2.11 bits per heavy atom. The van der Waals surface area contributed by atoms with Crippen molar-refractivity contribution < 1.29 is 0 Å². The summed E-state index contributed by atoms with van der Waals surface area (Å²) in [5, 5.41) is 0. The third-order valence-electron chi connectivity index (χ3n) is 3.65. The van der Waals surface area contributed by atoms with Crippen molar-refractivity contribution in [1.29, 1.82) is 0 Å². The van der Waals surface area contributed by atoms with Crippen LogP contribution in [-0.2, 0) is 6.42 Å². The maximum atomic E-state index is 5.75. The molecule has 18 heavy (non-hydrogen) atoms. The molecule has 0 unspecified atom stereocenters. The van der Waals surface area contributed by atoms with Gasteiger partial charge in [-0.25, -0.2) is 9.97 Å². The van der Waals surface area contributed by atoms with Crippen LogP contribution in [0.1, 0.15) is 44.7 Å². The van der Waals surface area contributed by atoms with Gasteiger partial charge in [-0.3, -0.25) is 0 Å². The Labute approximate surface area is 110 Å². The van der Waals surface area contributed by atoms with Crippen LogP contribution in [0.15, 0.2) is 12.4 Å². The highest BCUT2D eigenvalue weighted by Gasteiger charge is 2.23. The first-order chi connectivity index (χ1) is 8.85. The van der Waals surface area contributed by atoms with E-state index in [2.05, 4.69) is 27.9 Å². The van der Waals surface area contributed by atoms with E-state index in [1.807, 2.05) is 0 Å². The number of anilines is 1. The van der Waals surface area contributed by atoms with Crippen LogP contribution in [0, 0.1) is 0 Å². The number of nitrogens with zero attached hydrogens (tertiary/aromatic N) is 3. The van der Waals surface area contributed by atoms with Gasteiger partial charge in [-0.05, 0) is 19.3 Å². The monoisotopic (exact) mass is 248 g/mol. The second-order valence-corrected chi connectivity index (χ2v) is 5.04. The Kier molecular flexibility index (Phi) is 4.93. The predicted molar refractivity (Wildman–Crippen MR) is 74.7 cm³/mol. The van der Waals surface area contributed by atoms with Gasteiger partial charge in [-0.1, -0.05) is 26.2 Å². The van der Waals surface area contributed by atoms with Crippen LogP contribution >= 0.6 is 0 Å². The molecule has 0 aliphatic heterocycles. The van der Waals surface area contributed by atoms with E-state index >= 15 is 0 Å². The van der Waals surface area contributed by atoms with Crippen LogP contribution in [0.25, 0.3) is 0 Å². The SMILES string of the molecule is CCCc1cc(N(CCN)C2CCCC2)ncn1. The first-order valence-corrected chi connectivity index (χ1v) is 7.12. The maximum absolute atomic E-state index is 5.75. The standard InChI is InChI=1S/C14H24N4/c1-2-5-12-10-14(17-11-16-12)18(9-8-15)13-6-3-4-7-13/h10-11,13H,2-9,15H2,1H3. The number of hydrogen-bond donors (Lipinski definition) is 1. The largest absolute Gasteiger partial charge is 0.352 e. The van der Waals surface area contributed by atoms with E-state index in [9.17, 15) is 0 Å². The van der Waals surface area contributed by atoms with Crippen molar-refractivity contribution in [2.45, 2.75) is 51.5 Å². The summed E-state index contributed by atoms with van der Waals surface area (Å²) < 4.78 is 0. The third kappa shape index (κ3) is 3.19. The maximum Gasteiger partial charge on any atom is 0.132 e. The summed E-state index contributed by atoms with van der Waals surface area (Å²) in [6.45, 7) is 3.76.